The number of nitrogens with zero attached hydrogens (tertiary/aromatic N) is 4. The Kier molecular flexibility index (Phi) is 7.33. The van der Waals surface area contributed by atoms with Crippen molar-refractivity contribution in [1.82, 2.24) is 19.5 Å². The zero-order chi connectivity index (χ0) is 24.4. The highest BCUT2D eigenvalue weighted by Gasteiger charge is 2.27. The van der Waals surface area contributed by atoms with E-state index in [1.165, 1.54) is 11.3 Å². The number of carbonyl (C=O) groups is 1. The normalized spacial score (nSPS) is 21.9. The highest BCUT2D eigenvalue weighted by atomic mass is 32.1. The minimum atomic E-state index is -0.218. The van der Waals surface area contributed by atoms with Gasteiger partial charge in [-0.05, 0) is 55.7 Å². The molecule has 9 nitrogen and oxygen atoms in total. The van der Waals surface area contributed by atoms with Gasteiger partial charge in [0.1, 0.15) is 0 Å². The first-order chi connectivity index (χ1) is 17.0. The van der Waals surface area contributed by atoms with Crippen LogP contribution in [0.25, 0.3) is 16.6 Å². The van der Waals surface area contributed by atoms with Crippen molar-refractivity contribution < 1.29 is 19.4 Å². The van der Waals surface area contributed by atoms with E-state index < -0.39 is 0 Å². The van der Waals surface area contributed by atoms with E-state index >= 15 is 0 Å². The molecule has 0 spiro atoms. The third-order valence-corrected chi connectivity index (χ3v) is 7.79. The minimum absolute atomic E-state index is 0.0597. The lowest BCUT2D eigenvalue weighted by Crippen LogP contribution is -2.40. The van der Waals surface area contributed by atoms with Crippen LogP contribution in [0.5, 0.6) is 0 Å². The molecule has 1 saturated heterocycles. The van der Waals surface area contributed by atoms with E-state index in [-0.39, 0.29) is 18.1 Å². The third-order valence-electron chi connectivity index (χ3n) is 6.87. The average molecular weight is 500 g/mol. The van der Waals surface area contributed by atoms with Crippen LogP contribution in [0, 0.1) is 0 Å². The molecule has 0 bridgehead atoms. The number of aliphatic hydroxyl groups excluding tert-OH is 1. The number of thiophene rings is 1. The molecule has 35 heavy (non-hydrogen) atoms. The smallest absolute Gasteiger partial charge is 0.264 e. The predicted octanol–water partition coefficient (Wildman–Crippen LogP) is 3.40. The number of aromatic nitrogens is 3. The largest absolute Gasteiger partial charge is 0.393 e. The monoisotopic (exact) mass is 499 g/mol. The van der Waals surface area contributed by atoms with Gasteiger partial charge >= 0.3 is 0 Å². The molecular formula is C25H33N5O4S. The number of amides is 1. The molecule has 1 aliphatic carbocycles. The quantitative estimate of drug-likeness (QED) is 0.514. The molecular weight excluding hydrogens is 466 g/mol. The summed E-state index contributed by atoms with van der Waals surface area (Å²) < 4.78 is 12.6. The second kappa shape index (κ2) is 10.6. The fraction of sp³-hybridized carbons (Fsp3) is 0.560. The minimum Gasteiger partial charge on any atom is -0.393 e. The summed E-state index contributed by atoms with van der Waals surface area (Å²) in [5.74, 6) is 0.922. The van der Waals surface area contributed by atoms with Crippen LogP contribution in [0.4, 0.5) is 5.95 Å². The van der Waals surface area contributed by atoms with Crippen molar-refractivity contribution in [2.24, 2.45) is 0 Å². The van der Waals surface area contributed by atoms with Crippen LogP contribution in [0.15, 0.2) is 23.7 Å². The van der Waals surface area contributed by atoms with Gasteiger partial charge in [-0.25, -0.2) is 9.50 Å². The summed E-state index contributed by atoms with van der Waals surface area (Å²) in [7, 11) is 1.68. The Morgan fingerprint density at radius 2 is 2.06 bits per heavy atom. The SMILES string of the molecule is COC[C@H](C)Nc1ncc2c(-c3csc(C(=O)N4CCOCC4)c3)cc(C3CCC(O)CC3)n2n1. The molecule has 2 fully saturated rings. The molecule has 3 aromatic heterocycles. The summed E-state index contributed by atoms with van der Waals surface area (Å²) in [5.41, 5.74) is 4.07. The number of nitrogens with one attached hydrogen (secondary N) is 1. The van der Waals surface area contributed by atoms with Gasteiger partial charge in [-0.2, -0.15) is 0 Å². The first-order valence-corrected chi connectivity index (χ1v) is 13.2. The van der Waals surface area contributed by atoms with Crippen LogP contribution in [0.3, 0.4) is 0 Å². The molecule has 2 N–H and O–H groups in total. The highest BCUT2D eigenvalue weighted by molar-refractivity contribution is 7.12. The molecule has 4 heterocycles. The number of methoxy groups -OCH3 is 1. The molecule has 1 saturated carbocycles. The Bertz CT molecular complexity index is 1160. The van der Waals surface area contributed by atoms with Crippen molar-refractivity contribution in [2.45, 2.75) is 50.7 Å². The summed E-state index contributed by atoms with van der Waals surface area (Å²) >= 11 is 1.48. The summed E-state index contributed by atoms with van der Waals surface area (Å²) in [5, 5.41) is 20.2. The maximum absolute atomic E-state index is 13.0. The van der Waals surface area contributed by atoms with Crippen LogP contribution in [-0.2, 0) is 9.47 Å². The second-order valence-electron chi connectivity index (χ2n) is 9.47. The first kappa shape index (κ1) is 24.2. The standard InChI is InChI=1S/C25H33N5O4S/c1-16(14-33-2)27-25-26-13-22-20(12-21(30(22)28-25)17-3-5-19(31)6-4-17)18-11-23(35-15-18)24(32)29-7-9-34-10-8-29/h11-13,15-17,19,31H,3-10,14H2,1-2H3,(H,27,28)/t16-,17?,19?/m0/s1. The lowest BCUT2D eigenvalue weighted by Gasteiger charge is -2.26. The van der Waals surface area contributed by atoms with E-state index in [2.05, 4.69) is 16.4 Å². The maximum Gasteiger partial charge on any atom is 0.264 e. The summed E-state index contributed by atoms with van der Waals surface area (Å²) in [4.78, 5) is 20.2. The zero-order valence-electron chi connectivity index (χ0n) is 20.3. The van der Waals surface area contributed by atoms with E-state index in [1.54, 1.807) is 7.11 Å². The molecule has 1 aliphatic heterocycles. The summed E-state index contributed by atoms with van der Waals surface area (Å²) in [6.07, 6.45) is 5.07. The lowest BCUT2D eigenvalue weighted by molar-refractivity contribution is 0.0306. The summed E-state index contributed by atoms with van der Waals surface area (Å²) in [6, 6.07) is 4.25. The van der Waals surface area contributed by atoms with Crippen molar-refractivity contribution in [3.8, 4) is 11.1 Å². The highest BCUT2D eigenvalue weighted by Crippen LogP contribution is 2.38. The molecule has 3 aromatic rings. The zero-order valence-corrected chi connectivity index (χ0v) is 21.1. The fourth-order valence-corrected chi connectivity index (χ4v) is 5.87. The molecule has 0 radical (unpaired) electrons. The summed E-state index contributed by atoms with van der Waals surface area (Å²) in [6.45, 7) is 5.02. The Labute approximate surface area is 209 Å². The van der Waals surface area contributed by atoms with Crippen LogP contribution in [0.2, 0.25) is 0 Å². The van der Waals surface area contributed by atoms with E-state index in [1.807, 2.05) is 34.0 Å². The van der Waals surface area contributed by atoms with Gasteiger partial charge in [0.05, 0.1) is 42.5 Å². The fourth-order valence-electron chi connectivity index (χ4n) is 5.00. The van der Waals surface area contributed by atoms with Crippen LogP contribution in [0.1, 0.15) is 53.9 Å². The number of ether oxygens (including phenoxy) is 2. The number of aliphatic hydroxyl groups is 1. The van der Waals surface area contributed by atoms with Crippen molar-refractivity contribution in [2.75, 3.05) is 45.3 Å². The number of rotatable bonds is 7. The molecule has 1 atom stereocenters. The van der Waals surface area contributed by atoms with Gasteiger partial charge < -0.3 is 24.8 Å². The molecule has 0 unspecified atom stereocenters. The molecule has 1 amide bonds. The van der Waals surface area contributed by atoms with Gasteiger partial charge in [0, 0.05) is 43.4 Å². The van der Waals surface area contributed by atoms with Gasteiger partial charge in [-0.15, -0.1) is 16.4 Å². The van der Waals surface area contributed by atoms with Crippen molar-refractivity contribution in [3.63, 3.8) is 0 Å². The maximum atomic E-state index is 13.0. The number of anilines is 1. The topological polar surface area (TPSA) is 101 Å². The predicted molar refractivity (Wildman–Crippen MR) is 135 cm³/mol. The van der Waals surface area contributed by atoms with Crippen LogP contribution in [-0.4, -0.2) is 82.7 Å². The number of carbonyl (C=O) groups excluding carboxylic acids is 1. The molecule has 5 rings (SSSR count). The molecule has 0 aromatic carbocycles. The Morgan fingerprint density at radius 1 is 1.29 bits per heavy atom. The van der Waals surface area contributed by atoms with E-state index in [4.69, 9.17) is 14.6 Å². The van der Waals surface area contributed by atoms with Crippen molar-refractivity contribution in [3.05, 3.63) is 34.3 Å². The Hall–Kier alpha value is -2.53. The third kappa shape index (κ3) is 5.20. The van der Waals surface area contributed by atoms with Gasteiger partial charge in [0.25, 0.3) is 5.91 Å². The van der Waals surface area contributed by atoms with E-state index in [0.717, 1.165) is 52.9 Å². The Morgan fingerprint density at radius 3 is 2.80 bits per heavy atom. The number of morpholine rings is 1. The first-order valence-electron chi connectivity index (χ1n) is 12.3. The van der Waals surface area contributed by atoms with E-state index in [9.17, 15) is 9.90 Å². The Balaban J connectivity index is 1.49. The van der Waals surface area contributed by atoms with Gasteiger partial charge in [0.15, 0.2) is 0 Å². The van der Waals surface area contributed by atoms with Crippen molar-refractivity contribution in [1.29, 1.82) is 0 Å². The second-order valence-corrected chi connectivity index (χ2v) is 10.4. The number of hydrogen-bond acceptors (Lipinski definition) is 8. The lowest BCUT2D eigenvalue weighted by atomic mass is 9.85. The van der Waals surface area contributed by atoms with Gasteiger partial charge in [-0.1, -0.05) is 0 Å². The number of fused-ring (bicyclic) bond motifs is 1. The van der Waals surface area contributed by atoms with E-state index in [0.29, 0.717) is 44.8 Å². The average Bonchev–Trinajstić information content (AvgIpc) is 3.50. The van der Waals surface area contributed by atoms with Crippen LogP contribution >= 0.6 is 11.3 Å². The van der Waals surface area contributed by atoms with Gasteiger partial charge in [0.2, 0.25) is 5.95 Å². The van der Waals surface area contributed by atoms with Crippen LogP contribution < -0.4 is 5.32 Å². The number of hydrogen-bond donors (Lipinski definition) is 2. The van der Waals surface area contributed by atoms with Gasteiger partial charge in [-0.3, -0.25) is 4.79 Å². The molecule has 188 valence electrons. The molecule has 2 aliphatic rings. The van der Waals surface area contributed by atoms with Crippen molar-refractivity contribution >= 4 is 28.7 Å². The molecule has 10 heteroatoms.